The number of nitrogens with two attached hydrogens (primary N) is 1. The molecule has 0 heterocycles. The average Bonchev–Trinajstić information content (AvgIpc) is 2.65. The number of alkyl halides is 3. The largest absolute Gasteiger partial charge is 0.493 e. The molecule has 0 saturated carbocycles. The third-order valence-electron chi connectivity index (χ3n) is 3.76. The summed E-state index contributed by atoms with van der Waals surface area (Å²) in [5.74, 6) is -0.0369. The Morgan fingerprint density at radius 1 is 1.04 bits per heavy atom. The van der Waals surface area contributed by atoms with Crippen molar-refractivity contribution in [2.24, 2.45) is 5.73 Å². The Morgan fingerprint density at radius 3 is 2.18 bits per heavy atom. The molecule has 28 heavy (non-hydrogen) atoms. The second kappa shape index (κ2) is 9.52. The fourth-order valence-electron chi connectivity index (χ4n) is 2.52. The Balaban J connectivity index is 0.00000392. The van der Waals surface area contributed by atoms with Crippen molar-refractivity contribution in [1.82, 2.24) is 0 Å². The molecule has 0 fully saturated rings. The van der Waals surface area contributed by atoms with Crippen molar-refractivity contribution >= 4 is 24.0 Å². The highest BCUT2D eigenvalue weighted by Crippen LogP contribution is 2.40. The van der Waals surface area contributed by atoms with Crippen LogP contribution in [0.15, 0.2) is 30.3 Å². The fraction of sp³-hybridized carbons (Fsp3) is 0.278. The van der Waals surface area contributed by atoms with Gasteiger partial charge in [0.1, 0.15) is 0 Å². The SMILES string of the molecule is COc1ccc(C(=O)Nc2cc(CN)cc(C(F)(F)F)c2)c(OC)c1OC.Cl. The number of ether oxygens (including phenoxy) is 3. The maximum absolute atomic E-state index is 13.0. The second-order valence-corrected chi connectivity index (χ2v) is 5.46. The van der Waals surface area contributed by atoms with Gasteiger partial charge >= 0.3 is 6.18 Å². The van der Waals surface area contributed by atoms with Gasteiger partial charge in [-0.25, -0.2) is 0 Å². The van der Waals surface area contributed by atoms with Crippen LogP contribution in [0.5, 0.6) is 17.2 Å². The van der Waals surface area contributed by atoms with Crippen LogP contribution in [0.25, 0.3) is 0 Å². The Kier molecular flexibility index (Phi) is 7.95. The summed E-state index contributed by atoms with van der Waals surface area (Å²) >= 11 is 0. The number of carbonyl (C=O) groups excluding carboxylic acids is 1. The Morgan fingerprint density at radius 2 is 1.68 bits per heavy atom. The molecule has 0 atom stereocenters. The zero-order chi connectivity index (χ0) is 20.2. The smallest absolute Gasteiger partial charge is 0.416 e. The standard InChI is InChI=1S/C18H19F3N2O4.ClH/c1-25-14-5-4-13(15(26-2)16(14)27-3)17(24)23-12-7-10(9-22)6-11(8-12)18(19,20)21;/h4-8H,9,22H2,1-3H3,(H,23,24);1H. The lowest BCUT2D eigenvalue weighted by Gasteiger charge is -2.16. The van der Waals surface area contributed by atoms with Crippen molar-refractivity contribution < 1.29 is 32.2 Å². The van der Waals surface area contributed by atoms with Gasteiger partial charge in [-0.05, 0) is 35.9 Å². The van der Waals surface area contributed by atoms with Gasteiger partial charge in [0.25, 0.3) is 5.91 Å². The highest BCUT2D eigenvalue weighted by Gasteiger charge is 2.31. The van der Waals surface area contributed by atoms with Crippen molar-refractivity contribution in [3.05, 3.63) is 47.0 Å². The molecule has 0 aliphatic carbocycles. The third-order valence-corrected chi connectivity index (χ3v) is 3.76. The topological polar surface area (TPSA) is 82.8 Å². The van der Waals surface area contributed by atoms with E-state index in [4.69, 9.17) is 19.9 Å². The molecule has 0 radical (unpaired) electrons. The molecule has 10 heteroatoms. The lowest BCUT2D eigenvalue weighted by Crippen LogP contribution is -2.15. The molecule has 0 aliphatic heterocycles. The average molecular weight is 421 g/mol. The molecule has 0 aliphatic rings. The van der Waals surface area contributed by atoms with Crippen LogP contribution in [-0.2, 0) is 12.7 Å². The van der Waals surface area contributed by atoms with Gasteiger partial charge in [-0.3, -0.25) is 4.79 Å². The van der Waals surface area contributed by atoms with Crippen LogP contribution in [0.1, 0.15) is 21.5 Å². The first-order valence-corrected chi connectivity index (χ1v) is 7.76. The number of methoxy groups -OCH3 is 3. The van der Waals surface area contributed by atoms with Gasteiger partial charge in [0.2, 0.25) is 5.75 Å². The number of carbonyl (C=O) groups is 1. The van der Waals surface area contributed by atoms with Gasteiger partial charge in [0, 0.05) is 12.2 Å². The first-order valence-electron chi connectivity index (χ1n) is 7.76. The van der Waals surface area contributed by atoms with E-state index in [1.54, 1.807) is 0 Å². The molecule has 1 amide bonds. The third kappa shape index (κ3) is 4.99. The Bertz CT molecular complexity index is 844. The molecule has 0 bridgehead atoms. The van der Waals surface area contributed by atoms with Crippen LogP contribution >= 0.6 is 12.4 Å². The summed E-state index contributed by atoms with van der Waals surface area (Å²) in [4.78, 5) is 12.6. The van der Waals surface area contributed by atoms with Crippen molar-refractivity contribution in [2.75, 3.05) is 26.6 Å². The highest BCUT2D eigenvalue weighted by atomic mass is 35.5. The van der Waals surface area contributed by atoms with Gasteiger partial charge in [-0.2, -0.15) is 13.2 Å². The molecule has 3 N–H and O–H groups in total. The van der Waals surface area contributed by atoms with Gasteiger partial charge in [-0.15, -0.1) is 12.4 Å². The normalized spacial score (nSPS) is 10.7. The second-order valence-electron chi connectivity index (χ2n) is 5.46. The molecule has 0 spiro atoms. The lowest BCUT2D eigenvalue weighted by atomic mass is 10.1. The predicted molar refractivity (Wildman–Crippen MR) is 101 cm³/mol. The first-order chi connectivity index (χ1) is 12.7. The minimum absolute atomic E-state index is 0. The summed E-state index contributed by atoms with van der Waals surface area (Å²) in [6.45, 7) is -0.105. The highest BCUT2D eigenvalue weighted by molar-refractivity contribution is 6.07. The van der Waals surface area contributed by atoms with Crippen LogP contribution in [0, 0.1) is 0 Å². The van der Waals surface area contributed by atoms with Gasteiger partial charge in [-0.1, -0.05) is 0 Å². The van der Waals surface area contributed by atoms with Gasteiger partial charge in [0.15, 0.2) is 11.5 Å². The minimum Gasteiger partial charge on any atom is -0.493 e. The molecule has 2 rings (SSSR count). The van der Waals surface area contributed by atoms with Crippen molar-refractivity contribution in [3.63, 3.8) is 0 Å². The van der Waals surface area contributed by atoms with E-state index in [9.17, 15) is 18.0 Å². The summed E-state index contributed by atoms with van der Waals surface area (Å²) < 4.78 is 54.7. The van der Waals surface area contributed by atoms with E-state index < -0.39 is 17.6 Å². The number of rotatable bonds is 6. The maximum Gasteiger partial charge on any atom is 0.416 e. The monoisotopic (exact) mass is 420 g/mol. The molecular formula is C18H20ClF3N2O4. The molecule has 6 nitrogen and oxygen atoms in total. The van der Waals surface area contributed by atoms with Crippen LogP contribution < -0.4 is 25.3 Å². The van der Waals surface area contributed by atoms with Crippen LogP contribution in [0.2, 0.25) is 0 Å². The zero-order valence-corrected chi connectivity index (χ0v) is 16.2. The number of hydrogen-bond acceptors (Lipinski definition) is 5. The summed E-state index contributed by atoms with van der Waals surface area (Å²) in [6.07, 6.45) is -4.56. The summed E-state index contributed by atoms with van der Waals surface area (Å²) in [7, 11) is 4.14. The molecular weight excluding hydrogens is 401 g/mol. The van der Waals surface area contributed by atoms with E-state index in [1.807, 2.05) is 0 Å². The predicted octanol–water partition coefficient (Wildman–Crippen LogP) is 3.86. The van der Waals surface area contributed by atoms with Crippen molar-refractivity contribution in [3.8, 4) is 17.2 Å². The molecule has 0 aromatic heterocycles. The van der Waals surface area contributed by atoms with Crippen LogP contribution in [0.4, 0.5) is 18.9 Å². The lowest BCUT2D eigenvalue weighted by molar-refractivity contribution is -0.137. The fourth-order valence-corrected chi connectivity index (χ4v) is 2.52. The minimum atomic E-state index is -4.56. The molecule has 0 unspecified atom stereocenters. The summed E-state index contributed by atoms with van der Waals surface area (Å²) in [5, 5.41) is 2.44. The molecule has 154 valence electrons. The van der Waals surface area contributed by atoms with E-state index in [0.717, 1.165) is 12.1 Å². The number of nitrogens with one attached hydrogen (secondary N) is 1. The number of hydrogen-bond donors (Lipinski definition) is 2. The van der Waals surface area contributed by atoms with Crippen molar-refractivity contribution in [2.45, 2.75) is 12.7 Å². The number of halogens is 4. The van der Waals surface area contributed by atoms with Crippen molar-refractivity contribution in [1.29, 1.82) is 0 Å². The molecule has 2 aromatic carbocycles. The number of anilines is 1. The number of amides is 1. The Labute approximate surface area is 166 Å². The maximum atomic E-state index is 13.0. The van der Waals surface area contributed by atoms with E-state index in [0.29, 0.717) is 5.75 Å². The Hall–Kier alpha value is -2.65. The zero-order valence-electron chi connectivity index (χ0n) is 15.3. The van der Waals surface area contributed by atoms with E-state index in [2.05, 4.69) is 5.32 Å². The van der Waals surface area contributed by atoms with Crippen LogP contribution in [-0.4, -0.2) is 27.2 Å². The quantitative estimate of drug-likeness (QED) is 0.741. The first kappa shape index (κ1) is 23.4. The van der Waals surface area contributed by atoms with E-state index in [-0.39, 0.29) is 47.3 Å². The van der Waals surface area contributed by atoms with E-state index >= 15 is 0 Å². The van der Waals surface area contributed by atoms with E-state index in [1.165, 1.54) is 39.5 Å². The summed E-state index contributed by atoms with van der Waals surface area (Å²) in [6, 6.07) is 6.07. The van der Waals surface area contributed by atoms with Gasteiger partial charge in [0.05, 0.1) is 32.5 Å². The van der Waals surface area contributed by atoms with Crippen LogP contribution in [0.3, 0.4) is 0 Å². The summed E-state index contributed by atoms with van der Waals surface area (Å²) in [5.41, 5.74) is 4.83. The number of benzene rings is 2. The van der Waals surface area contributed by atoms with Gasteiger partial charge < -0.3 is 25.3 Å². The molecule has 0 saturated heterocycles. The molecule has 2 aromatic rings.